The quantitative estimate of drug-likeness (QED) is 0.895. The van der Waals surface area contributed by atoms with Crippen molar-refractivity contribution in [3.8, 4) is 5.75 Å². The smallest absolute Gasteiger partial charge is 0.260 e. The Hall–Kier alpha value is -1.55. The zero-order valence-electron chi connectivity index (χ0n) is 12.3. The number of para-hydroxylation sites is 1. The Labute approximate surface area is 121 Å². The number of likely N-dealkylation sites (tertiary alicyclic amines) is 1. The molecule has 1 amide bonds. The minimum atomic E-state index is -0.457. The summed E-state index contributed by atoms with van der Waals surface area (Å²) in [6.07, 6.45) is 1.59. The number of benzene rings is 1. The van der Waals surface area contributed by atoms with Crippen molar-refractivity contribution in [3.63, 3.8) is 0 Å². The van der Waals surface area contributed by atoms with Crippen LogP contribution in [0, 0.1) is 0 Å². The summed E-state index contributed by atoms with van der Waals surface area (Å²) in [5.74, 6) is 0.708. The van der Waals surface area contributed by atoms with E-state index in [2.05, 4.69) is 17.1 Å². The van der Waals surface area contributed by atoms with E-state index in [-0.39, 0.29) is 11.9 Å². The predicted molar refractivity (Wildman–Crippen MR) is 79.8 cm³/mol. The first-order valence-corrected chi connectivity index (χ1v) is 7.43. The van der Waals surface area contributed by atoms with Gasteiger partial charge in [-0.3, -0.25) is 4.79 Å². The van der Waals surface area contributed by atoms with Crippen LogP contribution in [0.25, 0.3) is 0 Å². The maximum absolute atomic E-state index is 12.1. The fourth-order valence-electron chi connectivity index (χ4n) is 2.47. The summed E-state index contributed by atoms with van der Waals surface area (Å²) < 4.78 is 5.64. The van der Waals surface area contributed by atoms with Gasteiger partial charge in [0.25, 0.3) is 5.91 Å². The number of carbonyl (C=O) groups excluding carboxylic acids is 1. The normalized spacial score (nSPS) is 18.5. The van der Waals surface area contributed by atoms with Gasteiger partial charge in [0.15, 0.2) is 6.10 Å². The summed E-state index contributed by atoms with van der Waals surface area (Å²) in [7, 11) is 0. The number of nitrogens with zero attached hydrogens (tertiary/aromatic N) is 1. The van der Waals surface area contributed by atoms with Gasteiger partial charge in [-0.25, -0.2) is 0 Å². The van der Waals surface area contributed by atoms with E-state index < -0.39 is 6.10 Å². The minimum Gasteiger partial charge on any atom is -0.481 e. The van der Waals surface area contributed by atoms with Gasteiger partial charge in [-0.15, -0.1) is 0 Å². The highest BCUT2D eigenvalue weighted by Gasteiger charge is 2.22. The van der Waals surface area contributed by atoms with Crippen LogP contribution in [0.15, 0.2) is 30.3 Å². The standard InChI is InChI=1S/C16H24N2O2/c1-3-18-11-9-14(10-12-18)17-16(19)13(2)20-15-7-5-4-6-8-15/h4-8,13-14H,3,9-12H2,1-2H3,(H,17,19)/t13-/m0/s1. The molecule has 20 heavy (non-hydrogen) atoms. The second kappa shape index (κ2) is 7.29. The van der Waals surface area contributed by atoms with Gasteiger partial charge in [0, 0.05) is 19.1 Å². The highest BCUT2D eigenvalue weighted by molar-refractivity contribution is 5.81. The van der Waals surface area contributed by atoms with Crippen LogP contribution < -0.4 is 10.1 Å². The van der Waals surface area contributed by atoms with Crippen LogP contribution >= 0.6 is 0 Å². The van der Waals surface area contributed by atoms with E-state index >= 15 is 0 Å². The molecule has 110 valence electrons. The molecular weight excluding hydrogens is 252 g/mol. The van der Waals surface area contributed by atoms with Crippen molar-refractivity contribution in [2.75, 3.05) is 19.6 Å². The van der Waals surface area contributed by atoms with Crippen molar-refractivity contribution in [2.45, 2.75) is 38.8 Å². The van der Waals surface area contributed by atoms with Gasteiger partial charge in [0.1, 0.15) is 5.75 Å². The molecule has 1 heterocycles. The number of piperidine rings is 1. The van der Waals surface area contributed by atoms with Gasteiger partial charge in [-0.1, -0.05) is 25.1 Å². The lowest BCUT2D eigenvalue weighted by Crippen LogP contribution is -2.48. The molecule has 1 aromatic carbocycles. The molecule has 4 heteroatoms. The number of hydrogen-bond donors (Lipinski definition) is 1. The molecule has 1 aliphatic heterocycles. The van der Waals surface area contributed by atoms with Gasteiger partial charge in [-0.2, -0.15) is 0 Å². The number of rotatable bonds is 5. The number of carbonyl (C=O) groups is 1. The molecule has 0 radical (unpaired) electrons. The van der Waals surface area contributed by atoms with E-state index in [0.29, 0.717) is 0 Å². The monoisotopic (exact) mass is 276 g/mol. The van der Waals surface area contributed by atoms with E-state index in [1.807, 2.05) is 30.3 Å². The number of ether oxygens (including phenoxy) is 1. The third-order valence-corrected chi connectivity index (χ3v) is 3.81. The molecule has 0 saturated carbocycles. The average molecular weight is 276 g/mol. The summed E-state index contributed by atoms with van der Waals surface area (Å²) in [6, 6.07) is 9.75. The molecule has 0 aromatic heterocycles. The van der Waals surface area contributed by atoms with Crippen LogP contribution in [0.4, 0.5) is 0 Å². The summed E-state index contributed by atoms with van der Waals surface area (Å²) in [5.41, 5.74) is 0. The summed E-state index contributed by atoms with van der Waals surface area (Å²) >= 11 is 0. The molecule has 2 rings (SSSR count). The van der Waals surface area contributed by atoms with Crippen molar-refractivity contribution in [1.82, 2.24) is 10.2 Å². The molecule has 1 N–H and O–H groups in total. The lowest BCUT2D eigenvalue weighted by Gasteiger charge is -2.32. The molecule has 1 aliphatic rings. The molecule has 1 fully saturated rings. The first-order valence-electron chi connectivity index (χ1n) is 7.43. The zero-order chi connectivity index (χ0) is 14.4. The highest BCUT2D eigenvalue weighted by Crippen LogP contribution is 2.13. The molecular formula is C16H24N2O2. The van der Waals surface area contributed by atoms with Crippen molar-refractivity contribution >= 4 is 5.91 Å². The van der Waals surface area contributed by atoms with E-state index in [1.54, 1.807) is 6.92 Å². The van der Waals surface area contributed by atoms with E-state index in [9.17, 15) is 4.79 Å². The third-order valence-electron chi connectivity index (χ3n) is 3.81. The van der Waals surface area contributed by atoms with Crippen molar-refractivity contribution in [1.29, 1.82) is 0 Å². The fraction of sp³-hybridized carbons (Fsp3) is 0.562. The van der Waals surface area contributed by atoms with E-state index in [0.717, 1.165) is 38.2 Å². The molecule has 0 spiro atoms. The Bertz CT molecular complexity index is 414. The molecule has 0 unspecified atom stereocenters. The van der Waals surface area contributed by atoms with Crippen molar-refractivity contribution < 1.29 is 9.53 Å². The SMILES string of the molecule is CCN1CCC(NC(=O)[C@H](C)Oc2ccccc2)CC1. The number of amides is 1. The Kier molecular flexibility index (Phi) is 5.41. The second-order valence-corrected chi connectivity index (χ2v) is 5.29. The van der Waals surface area contributed by atoms with Crippen molar-refractivity contribution in [3.05, 3.63) is 30.3 Å². The molecule has 0 aliphatic carbocycles. The first-order chi connectivity index (χ1) is 9.69. The Morgan fingerprint density at radius 1 is 1.35 bits per heavy atom. The van der Waals surface area contributed by atoms with Gasteiger partial charge in [0.05, 0.1) is 0 Å². The Morgan fingerprint density at radius 2 is 2.00 bits per heavy atom. The number of nitrogens with one attached hydrogen (secondary N) is 1. The largest absolute Gasteiger partial charge is 0.481 e. The maximum Gasteiger partial charge on any atom is 0.260 e. The third kappa shape index (κ3) is 4.23. The van der Waals surface area contributed by atoms with Crippen molar-refractivity contribution in [2.24, 2.45) is 0 Å². The van der Waals surface area contributed by atoms with Gasteiger partial charge in [0.2, 0.25) is 0 Å². The number of hydrogen-bond acceptors (Lipinski definition) is 3. The van der Waals surface area contributed by atoms with E-state index in [1.165, 1.54) is 0 Å². The first kappa shape index (κ1) is 14.9. The van der Waals surface area contributed by atoms with Crippen LogP contribution in [-0.4, -0.2) is 42.6 Å². The Morgan fingerprint density at radius 3 is 2.60 bits per heavy atom. The lowest BCUT2D eigenvalue weighted by atomic mass is 10.0. The van der Waals surface area contributed by atoms with Crippen LogP contribution in [0.1, 0.15) is 26.7 Å². The van der Waals surface area contributed by atoms with Crippen LogP contribution in [0.3, 0.4) is 0 Å². The lowest BCUT2D eigenvalue weighted by molar-refractivity contribution is -0.128. The summed E-state index contributed by atoms with van der Waals surface area (Å²) in [4.78, 5) is 14.5. The molecule has 4 nitrogen and oxygen atoms in total. The zero-order valence-corrected chi connectivity index (χ0v) is 12.3. The van der Waals surface area contributed by atoms with Crippen LogP contribution in [0.2, 0.25) is 0 Å². The van der Waals surface area contributed by atoms with Crippen LogP contribution in [-0.2, 0) is 4.79 Å². The highest BCUT2D eigenvalue weighted by atomic mass is 16.5. The predicted octanol–water partition coefficient (Wildman–Crippen LogP) is 2.05. The molecule has 1 aromatic rings. The summed E-state index contributed by atoms with van der Waals surface area (Å²) in [6.45, 7) is 7.19. The minimum absolute atomic E-state index is 0.0243. The second-order valence-electron chi connectivity index (χ2n) is 5.29. The van der Waals surface area contributed by atoms with Gasteiger partial charge in [-0.05, 0) is 38.4 Å². The fourth-order valence-corrected chi connectivity index (χ4v) is 2.47. The average Bonchev–Trinajstić information content (AvgIpc) is 2.49. The Balaban J connectivity index is 1.77. The topological polar surface area (TPSA) is 41.6 Å². The van der Waals surface area contributed by atoms with Crippen LogP contribution in [0.5, 0.6) is 5.75 Å². The summed E-state index contributed by atoms with van der Waals surface area (Å²) in [5, 5.41) is 3.09. The van der Waals surface area contributed by atoms with Gasteiger partial charge >= 0.3 is 0 Å². The molecule has 0 bridgehead atoms. The maximum atomic E-state index is 12.1. The van der Waals surface area contributed by atoms with Gasteiger partial charge < -0.3 is 15.0 Å². The van der Waals surface area contributed by atoms with E-state index in [4.69, 9.17) is 4.74 Å². The molecule has 1 atom stereocenters. The molecule has 1 saturated heterocycles.